The fraction of sp³-hybridized carbons (Fsp3) is 0.292. The molecule has 1 aliphatic heterocycles. The van der Waals surface area contributed by atoms with Crippen molar-refractivity contribution >= 4 is 28.6 Å². The van der Waals surface area contributed by atoms with Gasteiger partial charge in [-0.1, -0.05) is 12.2 Å². The van der Waals surface area contributed by atoms with Crippen LogP contribution in [0.15, 0.2) is 48.4 Å². The monoisotopic (exact) mass is 441 g/mol. The van der Waals surface area contributed by atoms with Crippen molar-refractivity contribution in [1.29, 1.82) is 5.26 Å². The first kappa shape index (κ1) is 20.8. The Bertz CT molecular complexity index is 1330. The summed E-state index contributed by atoms with van der Waals surface area (Å²) in [5.41, 5.74) is 9.99. The first-order chi connectivity index (χ1) is 16.1. The van der Waals surface area contributed by atoms with Crippen LogP contribution in [-0.4, -0.2) is 38.5 Å². The molecule has 1 saturated heterocycles. The Balaban J connectivity index is 1.44. The molecule has 0 spiro atoms. The molecule has 1 amide bonds. The molecule has 3 N–H and O–H groups in total. The number of nitrogens with one attached hydrogen (secondary N) is 1. The number of carbonyl (C=O) groups excluding carboxylic acids is 1. The fourth-order valence-electron chi connectivity index (χ4n) is 4.34. The first-order valence-corrected chi connectivity index (χ1v) is 10.9. The second-order valence-electron chi connectivity index (χ2n) is 8.12. The molecule has 5 rings (SSSR count). The number of fused-ring (bicyclic) bond motifs is 1. The van der Waals surface area contributed by atoms with Gasteiger partial charge >= 0.3 is 0 Å². The van der Waals surface area contributed by atoms with E-state index in [9.17, 15) is 4.79 Å². The molecule has 9 heteroatoms. The van der Waals surface area contributed by atoms with Crippen LogP contribution in [0.3, 0.4) is 0 Å². The number of ether oxygens (including phenoxy) is 1. The van der Waals surface area contributed by atoms with Crippen LogP contribution in [0.4, 0.5) is 11.6 Å². The molecule has 3 aromatic heterocycles. The summed E-state index contributed by atoms with van der Waals surface area (Å²) in [4.78, 5) is 26.1. The molecule has 0 saturated carbocycles. The molecular formula is C24H23N7O2. The Labute approximate surface area is 190 Å². The number of hydrogen-bond donors (Lipinski definition) is 2. The van der Waals surface area contributed by atoms with Gasteiger partial charge in [-0.15, -0.1) is 0 Å². The average Bonchev–Trinajstić information content (AvgIpc) is 3.26. The maximum absolute atomic E-state index is 12.7. The van der Waals surface area contributed by atoms with E-state index in [1.54, 1.807) is 18.3 Å². The number of allylic oxidation sites excluding steroid dienone is 3. The molecule has 3 aromatic rings. The van der Waals surface area contributed by atoms with E-state index in [2.05, 4.69) is 15.3 Å². The van der Waals surface area contributed by atoms with Crippen molar-refractivity contribution in [3.05, 3.63) is 65.5 Å². The molecule has 0 aromatic carbocycles. The van der Waals surface area contributed by atoms with Gasteiger partial charge in [-0.05, 0) is 43.4 Å². The van der Waals surface area contributed by atoms with E-state index in [1.807, 2.05) is 28.8 Å². The normalized spacial score (nSPS) is 16.7. The Morgan fingerprint density at radius 1 is 1.21 bits per heavy atom. The Hall–Kier alpha value is -4.03. The van der Waals surface area contributed by atoms with Gasteiger partial charge in [-0.25, -0.2) is 15.0 Å². The van der Waals surface area contributed by atoms with Crippen LogP contribution >= 0.6 is 0 Å². The number of nitriles is 1. The quantitative estimate of drug-likeness (QED) is 0.635. The second kappa shape index (κ2) is 8.84. The summed E-state index contributed by atoms with van der Waals surface area (Å²) in [5, 5.41) is 11.8. The number of nitrogens with zero attached hydrogens (tertiary/aromatic N) is 5. The predicted molar refractivity (Wildman–Crippen MR) is 123 cm³/mol. The van der Waals surface area contributed by atoms with Gasteiger partial charge in [0.05, 0.1) is 17.3 Å². The lowest BCUT2D eigenvalue weighted by atomic mass is 9.95. The van der Waals surface area contributed by atoms with Gasteiger partial charge in [0.1, 0.15) is 23.0 Å². The highest BCUT2D eigenvalue weighted by atomic mass is 16.5. The third-order valence-corrected chi connectivity index (χ3v) is 6.07. The molecule has 0 bridgehead atoms. The molecule has 4 heterocycles. The lowest BCUT2D eigenvalue weighted by Gasteiger charge is -2.20. The number of rotatable bonds is 4. The third-order valence-electron chi connectivity index (χ3n) is 6.07. The largest absolute Gasteiger partial charge is 0.382 e. The molecule has 9 nitrogen and oxygen atoms in total. The van der Waals surface area contributed by atoms with Crippen molar-refractivity contribution in [2.75, 3.05) is 24.3 Å². The van der Waals surface area contributed by atoms with Crippen molar-refractivity contribution in [2.24, 2.45) is 0 Å². The average molecular weight is 441 g/mol. The zero-order chi connectivity index (χ0) is 22.8. The summed E-state index contributed by atoms with van der Waals surface area (Å²) >= 11 is 0. The molecule has 1 aliphatic carbocycles. The zero-order valence-electron chi connectivity index (χ0n) is 18.0. The van der Waals surface area contributed by atoms with Gasteiger partial charge in [0.2, 0.25) is 0 Å². The maximum atomic E-state index is 12.7. The van der Waals surface area contributed by atoms with Crippen molar-refractivity contribution in [2.45, 2.75) is 31.6 Å². The van der Waals surface area contributed by atoms with Gasteiger partial charge in [-0.3, -0.25) is 9.20 Å². The van der Waals surface area contributed by atoms with Crippen LogP contribution in [0.5, 0.6) is 0 Å². The van der Waals surface area contributed by atoms with Gasteiger partial charge < -0.3 is 15.8 Å². The lowest BCUT2D eigenvalue weighted by Crippen LogP contribution is -2.16. The predicted octanol–water partition coefficient (Wildman–Crippen LogP) is 3.21. The van der Waals surface area contributed by atoms with Crippen LogP contribution in [0, 0.1) is 11.3 Å². The number of hydrogen-bond acceptors (Lipinski definition) is 7. The highest BCUT2D eigenvalue weighted by Crippen LogP contribution is 2.35. The maximum Gasteiger partial charge on any atom is 0.252 e. The molecule has 0 unspecified atom stereocenters. The zero-order valence-corrected chi connectivity index (χ0v) is 18.0. The standard InChI is InChI=1S/C24H23N7O2/c25-14-15-5-8-27-19(13-15)29-24(32)18-3-1-16(2-4-18)20-21-22(26)28-9-10-31(21)23(30-20)17-6-11-33-12-7-17/h1,3,5,8-10,13,17H,2,4,6-7,11-12H2,(H2,26,28)(H,27,29,32). The van der Waals surface area contributed by atoms with E-state index < -0.39 is 0 Å². The van der Waals surface area contributed by atoms with Gasteiger partial charge in [0.25, 0.3) is 5.91 Å². The number of nitrogens with two attached hydrogens (primary N) is 1. The minimum Gasteiger partial charge on any atom is -0.382 e. The SMILES string of the molecule is N#Cc1ccnc(NC(=O)C2=CC=C(c3nc(C4CCOCC4)n4ccnc(N)c34)CC2)c1. The molecule has 0 radical (unpaired) electrons. The van der Waals surface area contributed by atoms with Crippen LogP contribution in [-0.2, 0) is 9.53 Å². The van der Waals surface area contributed by atoms with E-state index in [4.69, 9.17) is 20.7 Å². The van der Waals surface area contributed by atoms with Crippen LogP contribution in [0.1, 0.15) is 48.7 Å². The number of aromatic nitrogens is 4. The third kappa shape index (κ3) is 4.08. The summed E-state index contributed by atoms with van der Waals surface area (Å²) in [5.74, 6) is 1.85. The number of anilines is 2. The number of nitrogen functional groups attached to an aromatic ring is 1. The minimum absolute atomic E-state index is 0.230. The molecule has 2 aliphatic rings. The summed E-state index contributed by atoms with van der Waals surface area (Å²) < 4.78 is 7.57. The van der Waals surface area contributed by atoms with Crippen LogP contribution < -0.4 is 11.1 Å². The van der Waals surface area contributed by atoms with E-state index in [0.717, 1.165) is 48.7 Å². The fourth-order valence-corrected chi connectivity index (χ4v) is 4.34. The van der Waals surface area contributed by atoms with E-state index in [1.165, 1.54) is 6.20 Å². The van der Waals surface area contributed by atoms with Gasteiger partial charge in [0.15, 0.2) is 0 Å². The first-order valence-electron chi connectivity index (χ1n) is 10.9. The minimum atomic E-state index is -0.230. The molecule has 1 fully saturated rings. The Morgan fingerprint density at radius 3 is 2.82 bits per heavy atom. The highest BCUT2D eigenvalue weighted by Gasteiger charge is 2.26. The Kier molecular flexibility index (Phi) is 5.59. The summed E-state index contributed by atoms with van der Waals surface area (Å²) in [7, 11) is 0. The number of pyridine rings is 1. The smallest absolute Gasteiger partial charge is 0.252 e. The van der Waals surface area contributed by atoms with Gasteiger partial charge in [0, 0.05) is 43.3 Å². The van der Waals surface area contributed by atoms with Crippen molar-refractivity contribution < 1.29 is 9.53 Å². The summed E-state index contributed by atoms with van der Waals surface area (Å²) in [6.45, 7) is 1.46. The highest BCUT2D eigenvalue weighted by molar-refractivity contribution is 6.04. The topological polar surface area (TPSA) is 131 Å². The summed E-state index contributed by atoms with van der Waals surface area (Å²) in [6, 6.07) is 5.18. The second-order valence-corrected chi connectivity index (χ2v) is 8.12. The van der Waals surface area contributed by atoms with Crippen LogP contribution in [0.25, 0.3) is 11.1 Å². The van der Waals surface area contributed by atoms with E-state index in [0.29, 0.717) is 41.5 Å². The lowest BCUT2D eigenvalue weighted by molar-refractivity contribution is -0.113. The molecule has 0 atom stereocenters. The number of amides is 1. The summed E-state index contributed by atoms with van der Waals surface area (Å²) in [6.07, 6.45) is 11.9. The molecular weight excluding hydrogens is 418 g/mol. The van der Waals surface area contributed by atoms with Crippen molar-refractivity contribution in [3.8, 4) is 6.07 Å². The van der Waals surface area contributed by atoms with Gasteiger partial charge in [-0.2, -0.15) is 5.26 Å². The van der Waals surface area contributed by atoms with Crippen molar-refractivity contribution in [1.82, 2.24) is 19.4 Å². The molecule has 33 heavy (non-hydrogen) atoms. The molecule has 166 valence electrons. The Morgan fingerprint density at radius 2 is 2.06 bits per heavy atom. The number of imidazole rings is 1. The van der Waals surface area contributed by atoms with Crippen LogP contribution in [0.2, 0.25) is 0 Å². The number of carbonyl (C=O) groups is 1. The van der Waals surface area contributed by atoms with E-state index >= 15 is 0 Å². The van der Waals surface area contributed by atoms with Crippen molar-refractivity contribution in [3.63, 3.8) is 0 Å². The van der Waals surface area contributed by atoms with E-state index in [-0.39, 0.29) is 5.91 Å².